The third kappa shape index (κ3) is 37.2. The average molecular weight is 1550 g/mol. The number of aliphatic hydroxyl groups is 1. The quantitative estimate of drug-likeness (QED) is 0.0281. The van der Waals surface area contributed by atoms with Gasteiger partial charge in [-0.25, -0.2) is 4.79 Å². The molecule has 37 nitrogen and oxygen atoms in total. The number of hydrogen-bond acceptors (Lipinski definition) is 22. The van der Waals surface area contributed by atoms with Crippen LogP contribution in [0, 0.1) is 23.7 Å². The number of phenols is 1. The highest BCUT2D eigenvalue weighted by Gasteiger charge is 2.39. The first kappa shape index (κ1) is 97.8. The molecule has 1 aromatic rings. The zero-order chi connectivity index (χ0) is 82.9. The minimum atomic E-state index is -1.83. The van der Waals surface area contributed by atoms with E-state index in [1.807, 2.05) is 0 Å². The summed E-state index contributed by atoms with van der Waals surface area (Å²) in [6, 6.07) is -13.8. The Kier molecular flexibility index (Phi) is 46.0. The van der Waals surface area contributed by atoms with Crippen LogP contribution in [0.3, 0.4) is 0 Å². The molecule has 1 rings (SSSR count). The Morgan fingerprint density at radius 2 is 0.633 bits per heavy atom. The summed E-state index contributed by atoms with van der Waals surface area (Å²) in [6.07, 6.45) is 0.722. The highest BCUT2D eigenvalue weighted by atomic mass is 16.4. The Hall–Kier alpha value is -9.17. The van der Waals surface area contributed by atoms with Crippen LogP contribution in [0.2, 0.25) is 0 Å². The topological polar surface area (TPSA) is 623 Å². The SMILES string of the molecule is CC(C)C[C@H](NC(=O)[C@H](CCCCN)NC(=O)[C@H](C)N)C(=O)N[C@@H](CCC(=O)O)C(=O)N[C@H](C(=O)N[C@H](C(=O)N[C@@H](C)C(=O)N[C@@H](C)C(=O)N[C@H](C(=O)N[C@@H](Cc1ccc(O)cc1)C(=O)N[C@H](C(=O)N[C@@H](CCCCN)C(=O)N[C@@H](CCCCN)C(=O)N[C@@H](CCCCN)C(=O)O)C(C)C)[C@@H](C)O)C(C)C)C(C)C. The van der Waals surface area contributed by atoms with Gasteiger partial charge in [0.25, 0.3) is 0 Å². The number of nitrogens with one attached hydrogen (secondary N) is 13. The molecule has 0 saturated carbocycles. The number of aliphatic carboxylic acids is 2. The number of carbonyl (C=O) groups excluding carboxylic acids is 13. The van der Waals surface area contributed by atoms with Crippen molar-refractivity contribution in [1.29, 1.82) is 0 Å². The van der Waals surface area contributed by atoms with Gasteiger partial charge >= 0.3 is 11.9 Å². The van der Waals surface area contributed by atoms with E-state index in [9.17, 15) is 92.3 Å². The van der Waals surface area contributed by atoms with Gasteiger partial charge in [-0.1, -0.05) is 67.5 Å². The Morgan fingerprint density at radius 1 is 0.339 bits per heavy atom. The van der Waals surface area contributed by atoms with E-state index in [2.05, 4.69) is 69.1 Å². The average Bonchev–Trinajstić information content (AvgIpc) is 0.861. The molecule has 0 saturated heterocycles. The summed E-state index contributed by atoms with van der Waals surface area (Å²) in [5.74, 6) is -16.6. The number of unbranched alkanes of at least 4 members (excludes halogenated alkanes) is 4. The van der Waals surface area contributed by atoms with Crippen molar-refractivity contribution >= 4 is 88.7 Å². The molecule has 13 amide bonds. The second kappa shape index (κ2) is 51.3. The number of carboxylic acid groups (broad SMARTS) is 2. The molecule has 0 aliphatic heterocycles. The number of rotatable bonds is 54. The van der Waals surface area contributed by atoms with E-state index in [1.165, 1.54) is 45.0 Å². The van der Waals surface area contributed by atoms with Crippen LogP contribution < -0.4 is 97.8 Å². The molecule has 27 N–H and O–H groups in total. The largest absolute Gasteiger partial charge is 0.508 e. The molecule has 0 radical (unpaired) electrons. The summed E-state index contributed by atoms with van der Waals surface area (Å²) in [7, 11) is 0. The van der Waals surface area contributed by atoms with Crippen LogP contribution in [0.15, 0.2) is 24.3 Å². The van der Waals surface area contributed by atoms with Crippen molar-refractivity contribution in [2.75, 3.05) is 26.2 Å². The van der Waals surface area contributed by atoms with Gasteiger partial charge in [0, 0.05) is 12.8 Å². The van der Waals surface area contributed by atoms with Crippen molar-refractivity contribution in [3.05, 3.63) is 29.8 Å². The molecule has 1 aromatic carbocycles. The van der Waals surface area contributed by atoms with Crippen LogP contribution in [-0.4, -0.2) is 226 Å². The van der Waals surface area contributed by atoms with Crippen LogP contribution in [0.4, 0.5) is 0 Å². The fraction of sp³-hybridized carbons (Fsp3) is 0.708. The van der Waals surface area contributed by atoms with Gasteiger partial charge in [0.2, 0.25) is 76.8 Å². The van der Waals surface area contributed by atoms with E-state index < -0.39 is 210 Å². The highest BCUT2D eigenvalue weighted by Crippen LogP contribution is 2.17. The first-order chi connectivity index (χ1) is 51.1. The number of hydrogen-bond donors (Lipinski definition) is 22. The standard InChI is InChI=1S/C72H126N18O19/c1-37(2)35-52(85-64(100)47(21-13-17-31-73)80-59(95)41(9)77)66(102)82-50(29-30-54(93)94)65(101)87-57(40(7)8)70(106)89-55(38(3)4)68(104)79-42(10)60(96)78-43(11)61(97)90-58(44(12)91)71(107)86-53(36-45-25-27-46(92)28-26-45)67(103)88-56(39(5)6)69(105)83-49(23-15-19-33-75)62(98)81-48(22-14-18-32-74)63(99)84-51(72(108)109)24-16-20-34-76/h25-28,37-44,47-53,55-58,91-92H,13-24,29-36,73-77H2,1-12H3,(H,78,96)(H,79,104)(H,80,95)(H,81,98)(H,82,102)(H,83,105)(H,84,99)(H,85,100)(H,86,107)(H,87,101)(H,88,103)(H,89,106)(H,90,97)(H,93,94)(H,108,109)/t41-,42-,43-,44+,47-,48-,49-,50-,51-,52-,53-,55-,56-,57-,58-/m0/s1. The second-order valence-electron chi connectivity index (χ2n) is 29.0. The normalized spacial score (nSPS) is 15.5. The molecule has 0 fully saturated rings. The molecule has 0 aliphatic rings. The zero-order valence-electron chi connectivity index (χ0n) is 65.2. The van der Waals surface area contributed by atoms with Gasteiger partial charge in [0.15, 0.2) is 0 Å². The van der Waals surface area contributed by atoms with Gasteiger partial charge < -0.3 is 118 Å². The number of carbonyl (C=O) groups is 15. The lowest BCUT2D eigenvalue weighted by molar-refractivity contribution is -0.142. The van der Waals surface area contributed by atoms with Crippen LogP contribution >= 0.6 is 0 Å². The van der Waals surface area contributed by atoms with Crippen LogP contribution in [0.1, 0.15) is 185 Å². The summed E-state index contributed by atoms with van der Waals surface area (Å²) in [5, 5.41) is 73.8. The van der Waals surface area contributed by atoms with Gasteiger partial charge in [0.1, 0.15) is 84.3 Å². The zero-order valence-corrected chi connectivity index (χ0v) is 65.2. The molecule has 0 heterocycles. The maximum atomic E-state index is 14.5. The van der Waals surface area contributed by atoms with Gasteiger partial charge in [-0.15, -0.1) is 0 Å². The maximum absolute atomic E-state index is 14.5. The molecular formula is C72H126N18O19. The summed E-state index contributed by atoms with van der Waals surface area (Å²) < 4.78 is 0. The highest BCUT2D eigenvalue weighted by molar-refractivity contribution is 6.00. The van der Waals surface area contributed by atoms with E-state index in [1.54, 1.807) is 55.4 Å². The Bertz CT molecular complexity index is 3120. The number of aromatic hydroxyl groups is 1. The summed E-state index contributed by atoms with van der Waals surface area (Å²) in [5.41, 5.74) is 28.8. The number of carboxylic acids is 2. The number of amides is 13. The lowest BCUT2D eigenvalue weighted by Gasteiger charge is -2.30. The first-order valence-electron chi connectivity index (χ1n) is 37.6. The second-order valence-corrected chi connectivity index (χ2v) is 29.0. The number of aliphatic hydroxyl groups excluding tert-OH is 1. The van der Waals surface area contributed by atoms with Crippen LogP contribution in [0.25, 0.3) is 0 Å². The maximum Gasteiger partial charge on any atom is 0.326 e. The molecule has 618 valence electrons. The molecule has 109 heavy (non-hydrogen) atoms. The molecule has 0 bridgehead atoms. The van der Waals surface area contributed by atoms with Crippen LogP contribution in [-0.2, 0) is 78.3 Å². The van der Waals surface area contributed by atoms with Gasteiger partial charge in [-0.2, -0.15) is 0 Å². The van der Waals surface area contributed by atoms with Gasteiger partial charge in [0.05, 0.1) is 12.1 Å². The summed E-state index contributed by atoms with van der Waals surface area (Å²) >= 11 is 0. The van der Waals surface area contributed by atoms with Crippen molar-refractivity contribution < 1.29 is 92.3 Å². The third-order valence-corrected chi connectivity index (χ3v) is 17.7. The lowest BCUT2D eigenvalue weighted by atomic mass is 9.98. The van der Waals surface area contributed by atoms with Gasteiger partial charge in [-0.05, 0) is 185 Å². The third-order valence-electron chi connectivity index (χ3n) is 17.7. The number of nitrogens with two attached hydrogens (primary N) is 5. The van der Waals surface area contributed by atoms with Crippen LogP contribution in [0.5, 0.6) is 5.75 Å². The fourth-order valence-electron chi connectivity index (χ4n) is 11.1. The predicted octanol–water partition coefficient (Wildman–Crippen LogP) is -3.52. The molecule has 0 unspecified atom stereocenters. The molecule has 0 spiro atoms. The van der Waals surface area contributed by atoms with Crippen molar-refractivity contribution in [3.8, 4) is 5.75 Å². The smallest absolute Gasteiger partial charge is 0.326 e. The predicted molar refractivity (Wildman–Crippen MR) is 404 cm³/mol. The van der Waals surface area contributed by atoms with E-state index in [-0.39, 0.29) is 63.3 Å². The lowest BCUT2D eigenvalue weighted by Crippen LogP contribution is -2.62. The Morgan fingerprint density at radius 3 is 1.02 bits per heavy atom. The van der Waals surface area contributed by atoms with E-state index in [4.69, 9.17) is 28.7 Å². The minimum absolute atomic E-state index is 0.0135. The van der Waals surface area contributed by atoms with E-state index in [0.717, 1.165) is 6.92 Å². The Balaban J connectivity index is 3.45. The molecular weight excluding hydrogens is 1420 g/mol. The Labute approximate surface area is 638 Å². The first-order valence-corrected chi connectivity index (χ1v) is 37.6. The number of phenolic OH excluding ortho intramolecular Hbond substituents is 1. The van der Waals surface area contributed by atoms with E-state index in [0.29, 0.717) is 70.0 Å². The van der Waals surface area contributed by atoms with Crippen molar-refractivity contribution in [2.24, 2.45) is 52.3 Å². The fourth-order valence-corrected chi connectivity index (χ4v) is 11.1. The van der Waals surface area contributed by atoms with Gasteiger partial charge in [-0.3, -0.25) is 67.1 Å². The molecule has 0 aromatic heterocycles. The van der Waals surface area contributed by atoms with Crippen molar-refractivity contribution in [2.45, 2.75) is 277 Å². The van der Waals surface area contributed by atoms with E-state index >= 15 is 0 Å². The number of benzene rings is 1. The molecule has 0 aliphatic carbocycles. The molecule has 15 atom stereocenters. The van der Waals surface area contributed by atoms with Crippen molar-refractivity contribution in [1.82, 2.24) is 69.1 Å². The summed E-state index contributed by atoms with van der Waals surface area (Å²) in [4.78, 5) is 205. The minimum Gasteiger partial charge on any atom is -0.508 e. The molecule has 37 heteroatoms. The monoisotopic (exact) mass is 1550 g/mol. The van der Waals surface area contributed by atoms with Crippen molar-refractivity contribution in [3.63, 3.8) is 0 Å². The summed E-state index contributed by atoms with van der Waals surface area (Å²) in [6.45, 7) is 19.1.